The minimum Gasteiger partial charge on any atom is -0.336 e. The Morgan fingerprint density at radius 3 is 2.71 bits per heavy atom. The van der Waals surface area contributed by atoms with Gasteiger partial charge in [-0.2, -0.15) is 0 Å². The predicted octanol–water partition coefficient (Wildman–Crippen LogP) is 1.19. The van der Waals surface area contributed by atoms with E-state index in [0.29, 0.717) is 17.4 Å². The first-order valence-corrected chi connectivity index (χ1v) is 9.98. The fraction of sp³-hybridized carbons (Fsp3) is 0.556. The molecule has 2 aliphatic heterocycles. The van der Waals surface area contributed by atoms with Crippen molar-refractivity contribution in [3.8, 4) is 0 Å². The monoisotopic (exact) mass is 408 g/mol. The Kier molecular flexibility index (Phi) is 3.54. The van der Waals surface area contributed by atoms with Crippen LogP contribution in [0.1, 0.15) is 28.1 Å². The van der Waals surface area contributed by atoms with E-state index in [9.17, 15) is 14.4 Å². The maximum absolute atomic E-state index is 15.4. The van der Waals surface area contributed by atoms with Crippen LogP contribution >= 0.6 is 11.3 Å². The fourth-order valence-corrected chi connectivity index (χ4v) is 4.95. The average molecular weight is 408 g/mol. The molecule has 2 saturated heterocycles. The first-order valence-electron chi connectivity index (χ1n) is 9.16. The number of amides is 2. The number of thiazole rings is 1. The summed E-state index contributed by atoms with van der Waals surface area (Å²) in [5, 5.41) is 0. The quantitative estimate of drug-likeness (QED) is 0.765. The molecule has 1 saturated carbocycles. The standard InChI is InChI=1S/C18H18F2N4O3S/c1-10-5-24-14(26)12(4-21-16(24)28-10)13(25)23-8-17(19)7-22(6-11-2-3-11)15(27)18(17,20)9-23/h4-5,11H,2-3,6-9H2,1H3/t17-,18-/m1/s1. The molecule has 0 unspecified atom stereocenters. The van der Waals surface area contributed by atoms with Gasteiger partial charge in [-0.1, -0.05) is 0 Å². The minimum atomic E-state index is -2.76. The van der Waals surface area contributed by atoms with Crippen LogP contribution in [0.5, 0.6) is 0 Å². The van der Waals surface area contributed by atoms with Crippen LogP contribution in [0.4, 0.5) is 8.78 Å². The second-order valence-corrected chi connectivity index (χ2v) is 9.24. The molecule has 28 heavy (non-hydrogen) atoms. The first kappa shape index (κ1) is 17.7. The van der Waals surface area contributed by atoms with Gasteiger partial charge >= 0.3 is 0 Å². The minimum absolute atomic E-state index is 0.259. The lowest BCUT2D eigenvalue weighted by Crippen LogP contribution is -2.47. The number of fused-ring (bicyclic) bond motifs is 2. The number of aromatic nitrogens is 2. The van der Waals surface area contributed by atoms with Crippen molar-refractivity contribution < 1.29 is 18.4 Å². The van der Waals surface area contributed by atoms with E-state index in [1.54, 1.807) is 13.1 Å². The molecule has 0 bridgehead atoms. The average Bonchev–Trinajstić information content (AvgIpc) is 3.26. The number of carbonyl (C=O) groups excluding carboxylic acids is 2. The predicted molar refractivity (Wildman–Crippen MR) is 97.0 cm³/mol. The van der Waals surface area contributed by atoms with Crippen LogP contribution in [0, 0.1) is 12.8 Å². The zero-order valence-corrected chi connectivity index (χ0v) is 16.0. The van der Waals surface area contributed by atoms with E-state index in [0.717, 1.165) is 28.8 Å². The van der Waals surface area contributed by atoms with Gasteiger partial charge in [0.1, 0.15) is 5.56 Å². The fourth-order valence-electron chi connectivity index (χ4n) is 4.16. The third-order valence-electron chi connectivity index (χ3n) is 5.84. The summed E-state index contributed by atoms with van der Waals surface area (Å²) in [7, 11) is 0. The van der Waals surface area contributed by atoms with E-state index < -0.39 is 41.8 Å². The Hall–Kier alpha value is -2.36. The molecule has 0 aromatic carbocycles. The lowest BCUT2D eigenvalue weighted by Gasteiger charge is -2.22. The van der Waals surface area contributed by atoms with Gasteiger partial charge in [0.05, 0.1) is 19.6 Å². The molecule has 7 nitrogen and oxygen atoms in total. The number of halogens is 2. The Morgan fingerprint density at radius 2 is 2.04 bits per heavy atom. The molecule has 4 heterocycles. The van der Waals surface area contributed by atoms with Crippen molar-refractivity contribution in [2.24, 2.45) is 5.92 Å². The molecule has 10 heteroatoms. The summed E-state index contributed by atoms with van der Waals surface area (Å²) < 4.78 is 32.1. The van der Waals surface area contributed by atoms with Crippen LogP contribution in [-0.4, -0.2) is 68.5 Å². The van der Waals surface area contributed by atoms with Crippen LogP contribution in [-0.2, 0) is 4.79 Å². The first-order chi connectivity index (χ1) is 13.2. The lowest BCUT2D eigenvalue weighted by molar-refractivity contribution is -0.139. The van der Waals surface area contributed by atoms with Crippen molar-refractivity contribution in [1.82, 2.24) is 19.2 Å². The van der Waals surface area contributed by atoms with Crippen LogP contribution in [0.15, 0.2) is 17.2 Å². The van der Waals surface area contributed by atoms with E-state index in [-0.39, 0.29) is 12.1 Å². The van der Waals surface area contributed by atoms with Crippen molar-refractivity contribution >= 4 is 28.1 Å². The molecule has 1 aliphatic carbocycles. The number of likely N-dealkylation sites (tertiary alicyclic amines) is 2. The van der Waals surface area contributed by atoms with Crippen LogP contribution in [0.2, 0.25) is 0 Å². The molecule has 2 aromatic heterocycles. The van der Waals surface area contributed by atoms with Crippen molar-refractivity contribution in [1.29, 1.82) is 0 Å². The van der Waals surface area contributed by atoms with Gasteiger partial charge in [-0.15, -0.1) is 11.3 Å². The van der Waals surface area contributed by atoms with Crippen molar-refractivity contribution in [2.45, 2.75) is 31.1 Å². The third-order valence-corrected chi connectivity index (χ3v) is 6.76. The largest absolute Gasteiger partial charge is 0.336 e. The molecule has 2 atom stereocenters. The number of alkyl halides is 2. The highest BCUT2D eigenvalue weighted by Crippen LogP contribution is 2.47. The van der Waals surface area contributed by atoms with Gasteiger partial charge in [0, 0.05) is 23.8 Å². The highest BCUT2D eigenvalue weighted by atomic mass is 32.1. The van der Waals surface area contributed by atoms with Gasteiger partial charge < -0.3 is 9.80 Å². The van der Waals surface area contributed by atoms with Gasteiger partial charge in [0.25, 0.3) is 17.4 Å². The molecule has 3 fully saturated rings. The zero-order chi connectivity index (χ0) is 19.8. The summed E-state index contributed by atoms with van der Waals surface area (Å²) >= 11 is 1.30. The second kappa shape index (κ2) is 5.59. The highest BCUT2D eigenvalue weighted by Gasteiger charge is 2.72. The van der Waals surface area contributed by atoms with Gasteiger partial charge in [-0.05, 0) is 25.7 Å². The van der Waals surface area contributed by atoms with E-state index in [1.807, 2.05) is 0 Å². The molecule has 2 aromatic rings. The maximum atomic E-state index is 15.4. The number of hydrogen-bond acceptors (Lipinski definition) is 5. The molecule has 148 valence electrons. The number of aryl methyl sites for hydroxylation is 1. The molecular formula is C18H18F2N4O3S. The summed E-state index contributed by atoms with van der Waals surface area (Å²) in [5.74, 6) is -1.38. The summed E-state index contributed by atoms with van der Waals surface area (Å²) in [6.07, 6.45) is 4.64. The Morgan fingerprint density at radius 1 is 1.29 bits per heavy atom. The summed E-state index contributed by atoms with van der Waals surface area (Å²) in [6.45, 7) is 0.569. The SMILES string of the molecule is Cc1cn2c(=O)c(C(=O)N3C[C@]4(F)CN(CC5CC5)C(=O)[C@]4(F)C3)cnc2s1. The second-order valence-electron chi connectivity index (χ2n) is 8.03. The van der Waals surface area contributed by atoms with Crippen molar-refractivity contribution in [3.05, 3.63) is 33.2 Å². The Balaban J connectivity index is 1.43. The lowest BCUT2D eigenvalue weighted by atomic mass is 9.93. The normalized spacial score (nSPS) is 29.8. The van der Waals surface area contributed by atoms with E-state index in [2.05, 4.69) is 4.98 Å². The molecular weight excluding hydrogens is 390 g/mol. The highest BCUT2D eigenvalue weighted by molar-refractivity contribution is 7.16. The van der Waals surface area contributed by atoms with Gasteiger partial charge in [-0.25, -0.2) is 13.8 Å². The molecule has 0 N–H and O–H groups in total. The maximum Gasteiger partial charge on any atom is 0.271 e. The smallest absolute Gasteiger partial charge is 0.271 e. The third kappa shape index (κ3) is 2.36. The topological polar surface area (TPSA) is 75.0 Å². The van der Waals surface area contributed by atoms with Gasteiger partial charge in [0.15, 0.2) is 10.6 Å². The van der Waals surface area contributed by atoms with Gasteiger partial charge in [0.2, 0.25) is 5.67 Å². The van der Waals surface area contributed by atoms with Crippen molar-refractivity contribution in [2.75, 3.05) is 26.2 Å². The Labute approximate surface area is 162 Å². The van der Waals surface area contributed by atoms with Crippen molar-refractivity contribution in [3.63, 3.8) is 0 Å². The van der Waals surface area contributed by atoms with E-state index >= 15 is 8.78 Å². The summed E-state index contributed by atoms with van der Waals surface area (Å²) in [4.78, 5) is 45.5. The zero-order valence-electron chi connectivity index (χ0n) is 15.2. The van der Waals surface area contributed by atoms with E-state index in [4.69, 9.17) is 0 Å². The Bertz CT molecular complexity index is 1080. The van der Waals surface area contributed by atoms with Gasteiger partial charge in [-0.3, -0.25) is 18.8 Å². The number of carbonyl (C=O) groups is 2. The summed E-state index contributed by atoms with van der Waals surface area (Å²) in [5.41, 5.74) is -6.06. The molecule has 5 rings (SSSR count). The summed E-state index contributed by atoms with van der Waals surface area (Å²) in [6, 6.07) is 0. The van der Waals surface area contributed by atoms with Crippen LogP contribution in [0.3, 0.4) is 0 Å². The van der Waals surface area contributed by atoms with Crippen LogP contribution < -0.4 is 5.56 Å². The number of hydrogen-bond donors (Lipinski definition) is 0. The number of rotatable bonds is 3. The van der Waals surface area contributed by atoms with E-state index in [1.165, 1.54) is 20.6 Å². The van der Waals surface area contributed by atoms with Crippen LogP contribution in [0.25, 0.3) is 4.96 Å². The molecule has 0 spiro atoms. The molecule has 2 amide bonds. The molecule has 0 radical (unpaired) electrons. The number of nitrogens with zero attached hydrogens (tertiary/aromatic N) is 4. The molecule has 3 aliphatic rings.